The van der Waals surface area contributed by atoms with E-state index >= 15 is 0 Å². The molecule has 0 aromatic heterocycles. The van der Waals surface area contributed by atoms with Gasteiger partial charge < -0.3 is 9.16 Å². The zero-order valence-electron chi connectivity index (χ0n) is 13.1. The molecule has 1 unspecified atom stereocenters. The molecule has 0 aliphatic carbocycles. The Kier molecular flexibility index (Phi) is 6.40. The quantitative estimate of drug-likeness (QED) is 0.594. The van der Waals surface area contributed by atoms with Gasteiger partial charge >= 0.3 is 0 Å². The summed E-state index contributed by atoms with van der Waals surface area (Å²) in [6, 6.07) is 0. The number of hydrogen-bond acceptors (Lipinski definition) is 2. The highest BCUT2D eigenvalue weighted by Gasteiger charge is 2.30. The van der Waals surface area contributed by atoms with Crippen molar-refractivity contribution in [2.75, 3.05) is 6.61 Å². The molecule has 0 radical (unpaired) electrons. The second-order valence-electron chi connectivity index (χ2n) is 6.73. The predicted octanol–water partition coefficient (Wildman–Crippen LogP) is 4.60. The maximum absolute atomic E-state index is 6.28. The molecule has 2 nitrogen and oxygen atoms in total. The molecule has 0 rings (SSSR count). The summed E-state index contributed by atoms with van der Waals surface area (Å²) in [4.78, 5) is 0. The average Bonchev–Trinajstić information content (AvgIpc) is 2.15. The third-order valence-corrected chi connectivity index (χ3v) is 4.38. The average molecular weight is 260 g/mol. The van der Waals surface area contributed by atoms with Crippen LogP contribution in [0.3, 0.4) is 0 Å². The lowest BCUT2D eigenvalue weighted by Gasteiger charge is -2.36. The summed E-state index contributed by atoms with van der Waals surface area (Å²) in [7, 11) is -1.47. The van der Waals surface area contributed by atoms with Gasteiger partial charge in [-0.2, -0.15) is 0 Å². The van der Waals surface area contributed by atoms with E-state index in [4.69, 9.17) is 9.16 Å². The maximum atomic E-state index is 6.28. The van der Waals surface area contributed by atoms with E-state index in [-0.39, 0.29) is 11.2 Å². The Hall–Kier alpha value is 0.137. The molecule has 0 aliphatic heterocycles. The van der Waals surface area contributed by atoms with Gasteiger partial charge in [0.25, 0.3) is 0 Å². The van der Waals surface area contributed by atoms with Crippen molar-refractivity contribution < 1.29 is 9.16 Å². The zero-order chi connectivity index (χ0) is 13.7. The molecule has 0 saturated heterocycles. The Morgan fingerprint density at radius 2 is 1.47 bits per heavy atom. The van der Waals surface area contributed by atoms with E-state index in [1.54, 1.807) is 0 Å². The molecule has 17 heavy (non-hydrogen) atoms. The van der Waals surface area contributed by atoms with Gasteiger partial charge in [0.15, 0.2) is 8.32 Å². The summed E-state index contributed by atoms with van der Waals surface area (Å²) in [6.45, 7) is 18.4. The summed E-state index contributed by atoms with van der Waals surface area (Å²) in [5, 5.41) is 0. The molecular formula is C14H32O2Si. The predicted molar refractivity (Wildman–Crippen MR) is 78.1 cm³/mol. The molecule has 0 aliphatic rings. The molecule has 0 aromatic carbocycles. The molecule has 0 spiro atoms. The van der Waals surface area contributed by atoms with Crippen LogP contribution in [0.25, 0.3) is 0 Å². The highest BCUT2D eigenvalue weighted by Crippen LogP contribution is 2.26. The van der Waals surface area contributed by atoms with E-state index in [0.29, 0.717) is 0 Å². The molecule has 1 atom stereocenters. The second kappa shape index (κ2) is 6.35. The minimum atomic E-state index is -1.47. The van der Waals surface area contributed by atoms with E-state index < -0.39 is 8.32 Å². The smallest absolute Gasteiger partial charge is 0.184 e. The van der Waals surface area contributed by atoms with Gasteiger partial charge in [-0.15, -0.1) is 0 Å². The first kappa shape index (κ1) is 17.1. The van der Waals surface area contributed by atoms with Crippen molar-refractivity contribution in [2.24, 2.45) is 0 Å². The van der Waals surface area contributed by atoms with E-state index in [1.165, 1.54) is 0 Å². The first-order valence-corrected chi connectivity index (χ1v) is 10.3. The van der Waals surface area contributed by atoms with Crippen molar-refractivity contribution in [1.29, 1.82) is 0 Å². The fourth-order valence-corrected chi connectivity index (χ4v) is 3.41. The standard InChI is InChI=1S/C14H32O2Si/c1-9-13(3,4)15-12-11-14(5,10-2)16-17(6,7)8/h9-12H2,1-8H3. The normalized spacial score (nSPS) is 16.9. The van der Waals surface area contributed by atoms with Gasteiger partial charge in [0.1, 0.15) is 0 Å². The molecule has 0 amide bonds. The molecule has 3 heteroatoms. The van der Waals surface area contributed by atoms with Crippen LogP contribution in [0.5, 0.6) is 0 Å². The summed E-state index contributed by atoms with van der Waals surface area (Å²) >= 11 is 0. The molecule has 0 aromatic rings. The summed E-state index contributed by atoms with van der Waals surface area (Å²) < 4.78 is 12.2. The highest BCUT2D eigenvalue weighted by molar-refractivity contribution is 6.69. The number of rotatable bonds is 8. The van der Waals surface area contributed by atoms with Crippen molar-refractivity contribution in [1.82, 2.24) is 0 Å². The van der Waals surface area contributed by atoms with Crippen LogP contribution in [-0.4, -0.2) is 26.1 Å². The minimum Gasteiger partial charge on any atom is -0.412 e. The van der Waals surface area contributed by atoms with E-state index in [1.807, 2.05) is 0 Å². The first-order chi connectivity index (χ1) is 7.54. The zero-order valence-corrected chi connectivity index (χ0v) is 14.1. The van der Waals surface area contributed by atoms with Crippen molar-refractivity contribution in [3.8, 4) is 0 Å². The van der Waals surface area contributed by atoms with Crippen LogP contribution in [0.2, 0.25) is 19.6 Å². The van der Waals surface area contributed by atoms with Crippen molar-refractivity contribution >= 4 is 8.32 Å². The lowest BCUT2D eigenvalue weighted by atomic mass is 9.99. The topological polar surface area (TPSA) is 18.5 Å². The van der Waals surface area contributed by atoms with Crippen molar-refractivity contribution in [3.05, 3.63) is 0 Å². The van der Waals surface area contributed by atoms with Crippen LogP contribution >= 0.6 is 0 Å². The fraction of sp³-hybridized carbons (Fsp3) is 1.00. The summed E-state index contributed by atoms with van der Waals surface area (Å²) in [6.07, 6.45) is 3.08. The van der Waals surface area contributed by atoms with E-state index in [0.717, 1.165) is 25.9 Å². The molecule has 0 bridgehead atoms. The lowest BCUT2D eigenvalue weighted by Crippen LogP contribution is -2.41. The minimum absolute atomic E-state index is 0.00614. The molecule has 104 valence electrons. The van der Waals surface area contributed by atoms with Crippen LogP contribution in [0, 0.1) is 0 Å². The van der Waals surface area contributed by atoms with Gasteiger partial charge in [-0.1, -0.05) is 13.8 Å². The summed E-state index contributed by atoms with van der Waals surface area (Å²) in [5.41, 5.74) is -0.0257. The van der Waals surface area contributed by atoms with Crippen LogP contribution < -0.4 is 0 Å². The van der Waals surface area contributed by atoms with Crippen LogP contribution in [0.4, 0.5) is 0 Å². The molecule has 0 N–H and O–H groups in total. The van der Waals surface area contributed by atoms with Crippen LogP contribution in [0.1, 0.15) is 53.9 Å². The highest BCUT2D eigenvalue weighted by atomic mass is 28.4. The van der Waals surface area contributed by atoms with Crippen LogP contribution in [0.15, 0.2) is 0 Å². The lowest BCUT2D eigenvalue weighted by molar-refractivity contribution is -0.0481. The summed E-state index contributed by atoms with van der Waals surface area (Å²) in [5.74, 6) is 0. The maximum Gasteiger partial charge on any atom is 0.184 e. The SMILES string of the molecule is CCC(C)(C)OCCC(C)(CC)O[Si](C)(C)C. The molecule has 0 fully saturated rings. The molecular weight excluding hydrogens is 228 g/mol. The number of ether oxygens (including phenoxy) is 1. The van der Waals surface area contributed by atoms with Gasteiger partial charge in [-0.05, 0) is 59.7 Å². The Labute approximate surface area is 109 Å². The monoisotopic (exact) mass is 260 g/mol. The third-order valence-electron chi connectivity index (χ3n) is 3.28. The van der Waals surface area contributed by atoms with Gasteiger partial charge in [-0.3, -0.25) is 0 Å². The van der Waals surface area contributed by atoms with Crippen LogP contribution in [-0.2, 0) is 9.16 Å². The molecule has 0 saturated carbocycles. The first-order valence-electron chi connectivity index (χ1n) is 6.88. The fourth-order valence-electron chi connectivity index (χ4n) is 1.68. The Morgan fingerprint density at radius 3 is 1.82 bits per heavy atom. The second-order valence-corrected chi connectivity index (χ2v) is 11.2. The van der Waals surface area contributed by atoms with Crippen molar-refractivity contribution in [2.45, 2.75) is 84.7 Å². The Balaban J connectivity index is 4.22. The Morgan fingerprint density at radius 1 is 0.941 bits per heavy atom. The van der Waals surface area contributed by atoms with Gasteiger partial charge in [-0.25, -0.2) is 0 Å². The largest absolute Gasteiger partial charge is 0.412 e. The third kappa shape index (κ3) is 7.95. The van der Waals surface area contributed by atoms with Gasteiger partial charge in [0.2, 0.25) is 0 Å². The van der Waals surface area contributed by atoms with E-state index in [2.05, 4.69) is 54.3 Å². The van der Waals surface area contributed by atoms with Crippen molar-refractivity contribution in [3.63, 3.8) is 0 Å². The number of hydrogen-bond donors (Lipinski definition) is 0. The van der Waals surface area contributed by atoms with E-state index in [9.17, 15) is 0 Å². The Bertz CT molecular complexity index is 221. The van der Waals surface area contributed by atoms with Gasteiger partial charge in [0, 0.05) is 6.61 Å². The molecule has 0 heterocycles. The van der Waals surface area contributed by atoms with Gasteiger partial charge in [0.05, 0.1) is 11.2 Å².